The molecule has 0 aliphatic carbocycles. The van der Waals surface area contributed by atoms with E-state index in [0.29, 0.717) is 36.4 Å². The van der Waals surface area contributed by atoms with Crippen molar-refractivity contribution in [3.05, 3.63) is 29.3 Å². The minimum atomic E-state index is -1.06. The number of anilines is 1. The molecule has 0 bridgehead atoms. The summed E-state index contributed by atoms with van der Waals surface area (Å²) in [6.07, 6.45) is 1.53. The third kappa shape index (κ3) is 3.09. The number of hydrogen-bond donors (Lipinski definition) is 2. The molecule has 1 aromatic carbocycles. The first-order valence-electron chi connectivity index (χ1n) is 8.44. The quantitative estimate of drug-likeness (QED) is 0.791. The average molecular weight is 366 g/mol. The number of rotatable bonds is 4. The van der Waals surface area contributed by atoms with Crippen LogP contribution in [0, 0.1) is 11.6 Å². The van der Waals surface area contributed by atoms with Gasteiger partial charge in [-0.3, -0.25) is 15.0 Å². The van der Waals surface area contributed by atoms with Gasteiger partial charge in [-0.2, -0.15) is 5.01 Å². The molecule has 1 saturated heterocycles. The number of halogens is 2. The van der Waals surface area contributed by atoms with Gasteiger partial charge < -0.3 is 10.2 Å². The van der Waals surface area contributed by atoms with E-state index in [-0.39, 0.29) is 12.2 Å². The summed E-state index contributed by atoms with van der Waals surface area (Å²) in [6.45, 7) is 3.48. The Labute approximate surface area is 149 Å². The number of urea groups is 1. The SMILES string of the molecule is CCC1(C)NC(=O)N(NC(=O)CN2CCCc3cc(F)cc(F)c32)C1=O. The topological polar surface area (TPSA) is 81.8 Å². The van der Waals surface area contributed by atoms with Crippen LogP contribution in [0.2, 0.25) is 0 Å². The molecule has 1 atom stereocenters. The molecule has 140 valence electrons. The Bertz CT molecular complexity index is 786. The van der Waals surface area contributed by atoms with Gasteiger partial charge >= 0.3 is 6.03 Å². The fourth-order valence-corrected chi connectivity index (χ4v) is 3.25. The second kappa shape index (κ2) is 6.54. The first-order chi connectivity index (χ1) is 12.2. The molecule has 1 aromatic rings. The largest absolute Gasteiger partial charge is 0.360 e. The highest BCUT2D eigenvalue weighted by Gasteiger charge is 2.47. The Balaban J connectivity index is 1.73. The molecule has 1 unspecified atom stereocenters. The Morgan fingerprint density at radius 2 is 2.08 bits per heavy atom. The van der Waals surface area contributed by atoms with E-state index in [2.05, 4.69) is 10.7 Å². The monoisotopic (exact) mass is 366 g/mol. The number of carbonyl (C=O) groups is 3. The van der Waals surface area contributed by atoms with E-state index < -0.39 is 35.0 Å². The lowest BCUT2D eigenvalue weighted by Gasteiger charge is -2.31. The number of aryl methyl sites for hydroxylation is 1. The van der Waals surface area contributed by atoms with Crippen molar-refractivity contribution in [2.45, 2.75) is 38.6 Å². The lowest BCUT2D eigenvalue weighted by molar-refractivity contribution is -0.138. The number of carbonyl (C=O) groups excluding carboxylic acids is 3. The van der Waals surface area contributed by atoms with Crippen LogP contribution in [0.25, 0.3) is 0 Å². The number of fused-ring (bicyclic) bond motifs is 1. The molecule has 0 radical (unpaired) electrons. The van der Waals surface area contributed by atoms with Crippen molar-refractivity contribution >= 4 is 23.5 Å². The summed E-state index contributed by atoms with van der Waals surface area (Å²) in [5.41, 5.74) is 1.89. The van der Waals surface area contributed by atoms with Crippen LogP contribution in [-0.2, 0) is 16.0 Å². The zero-order chi connectivity index (χ0) is 19.1. The Morgan fingerprint density at radius 3 is 2.73 bits per heavy atom. The number of benzene rings is 1. The molecule has 2 aliphatic rings. The lowest BCUT2D eigenvalue weighted by atomic mass is 10.00. The maximum absolute atomic E-state index is 14.2. The highest BCUT2D eigenvalue weighted by atomic mass is 19.1. The van der Waals surface area contributed by atoms with Gasteiger partial charge in [-0.1, -0.05) is 6.92 Å². The highest BCUT2D eigenvalue weighted by Crippen LogP contribution is 2.30. The highest BCUT2D eigenvalue weighted by molar-refractivity contribution is 6.07. The normalized spacial score (nSPS) is 22.3. The molecular formula is C17H20F2N4O3. The van der Waals surface area contributed by atoms with Gasteiger partial charge in [0.25, 0.3) is 11.8 Å². The van der Waals surface area contributed by atoms with Crippen molar-refractivity contribution in [1.82, 2.24) is 15.8 Å². The third-order valence-electron chi connectivity index (χ3n) is 4.84. The standard InChI is InChI=1S/C17H20F2N4O3/c1-3-17(2)15(25)23(16(26)20-17)21-13(24)9-22-6-4-5-10-7-11(18)8-12(19)14(10)22/h7-8H,3-6,9H2,1-2H3,(H,20,26)(H,21,24). The van der Waals surface area contributed by atoms with Crippen molar-refractivity contribution in [2.75, 3.05) is 18.0 Å². The van der Waals surface area contributed by atoms with Crippen LogP contribution >= 0.6 is 0 Å². The molecule has 0 spiro atoms. The minimum Gasteiger partial charge on any atom is -0.360 e. The maximum Gasteiger partial charge on any atom is 0.344 e. The van der Waals surface area contributed by atoms with Gasteiger partial charge in [0.2, 0.25) is 0 Å². The summed E-state index contributed by atoms with van der Waals surface area (Å²) in [4.78, 5) is 38.0. The number of amides is 4. The summed E-state index contributed by atoms with van der Waals surface area (Å²) in [5.74, 6) is -2.58. The van der Waals surface area contributed by atoms with Gasteiger partial charge in [0.1, 0.15) is 17.2 Å². The second-order valence-corrected chi connectivity index (χ2v) is 6.71. The molecule has 4 amide bonds. The van der Waals surface area contributed by atoms with Crippen molar-refractivity contribution < 1.29 is 23.2 Å². The number of nitrogens with one attached hydrogen (secondary N) is 2. The van der Waals surface area contributed by atoms with Gasteiger partial charge in [-0.15, -0.1) is 0 Å². The molecule has 1 fully saturated rings. The van der Waals surface area contributed by atoms with Crippen LogP contribution < -0.4 is 15.6 Å². The maximum atomic E-state index is 14.2. The van der Waals surface area contributed by atoms with Gasteiger partial charge in [-0.05, 0) is 37.8 Å². The van der Waals surface area contributed by atoms with Crippen LogP contribution in [0.15, 0.2) is 12.1 Å². The van der Waals surface area contributed by atoms with Crippen molar-refractivity contribution in [2.24, 2.45) is 0 Å². The lowest BCUT2D eigenvalue weighted by Crippen LogP contribution is -2.51. The van der Waals surface area contributed by atoms with Crippen molar-refractivity contribution in [3.63, 3.8) is 0 Å². The average Bonchev–Trinajstić information content (AvgIpc) is 2.78. The minimum absolute atomic E-state index is 0.184. The predicted octanol–water partition coefficient (Wildman–Crippen LogP) is 1.47. The molecule has 26 heavy (non-hydrogen) atoms. The van der Waals surface area contributed by atoms with Gasteiger partial charge in [0.15, 0.2) is 0 Å². The Hall–Kier alpha value is -2.71. The summed E-state index contributed by atoms with van der Waals surface area (Å²) in [7, 11) is 0. The van der Waals surface area contributed by atoms with E-state index in [1.165, 1.54) is 11.0 Å². The van der Waals surface area contributed by atoms with Gasteiger partial charge in [0, 0.05) is 12.6 Å². The third-order valence-corrected chi connectivity index (χ3v) is 4.84. The number of imide groups is 1. The summed E-state index contributed by atoms with van der Waals surface area (Å²) < 4.78 is 27.5. The summed E-state index contributed by atoms with van der Waals surface area (Å²) in [5, 5.41) is 3.18. The van der Waals surface area contributed by atoms with E-state index in [1.807, 2.05) is 0 Å². The Morgan fingerprint density at radius 1 is 1.35 bits per heavy atom. The number of nitrogens with zero attached hydrogens (tertiary/aromatic N) is 2. The molecule has 2 aliphatic heterocycles. The van der Waals surface area contributed by atoms with E-state index in [0.717, 1.165) is 6.07 Å². The number of hydrogen-bond acceptors (Lipinski definition) is 4. The Kier molecular flexibility index (Phi) is 4.55. The first-order valence-corrected chi connectivity index (χ1v) is 8.44. The zero-order valence-electron chi connectivity index (χ0n) is 14.6. The molecule has 9 heteroatoms. The molecule has 2 heterocycles. The second-order valence-electron chi connectivity index (χ2n) is 6.71. The van der Waals surface area contributed by atoms with Crippen LogP contribution in [0.5, 0.6) is 0 Å². The smallest absolute Gasteiger partial charge is 0.344 e. The van der Waals surface area contributed by atoms with Crippen LogP contribution in [0.3, 0.4) is 0 Å². The zero-order valence-corrected chi connectivity index (χ0v) is 14.6. The summed E-state index contributed by atoms with van der Waals surface area (Å²) in [6, 6.07) is 1.33. The number of hydrazine groups is 1. The first kappa shape index (κ1) is 18.1. The van der Waals surface area contributed by atoms with Gasteiger partial charge in [-0.25, -0.2) is 13.6 Å². The van der Waals surface area contributed by atoms with Crippen LogP contribution in [0.1, 0.15) is 32.3 Å². The molecule has 2 N–H and O–H groups in total. The van der Waals surface area contributed by atoms with Crippen molar-refractivity contribution in [3.8, 4) is 0 Å². The molecule has 3 rings (SSSR count). The molecule has 0 aromatic heterocycles. The van der Waals surface area contributed by atoms with E-state index in [1.54, 1.807) is 13.8 Å². The molecule has 0 saturated carbocycles. The van der Waals surface area contributed by atoms with E-state index in [4.69, 9.17) is 0 Å². The molecule has 7 nitrogen and oxygen atoms in total. The van der Waals surface area contributed by atoms with Crippen LogP contribution in [0.4, 0.5) is 19.3 Å². The predicted molar refractivity (Wildman–Crippen MR) is 89.1 cm³/mol. The van der Waals surface area contributed by atoms with Gasteiger partial charge in [0.05, 0.1) is 12.2 Å². The van der Waals surface area contributed by atoms with Crippen LogP contribution in [-0.4, -0.2) is 41.5 Å². The van der Waals surface area contributed by atoms with E-state index in [9.17, 15) is 23.2 Å². The summed E-state index contributed by atoms with van der Waals surface area (Å²) >= 11 is 0. The molecular weight excluding hydrogens is 346 g/mol. The fourth-order valence-electron chi connectivity index (χ4n) is 3.25. The van der Waals surface area contributed by atoms with E-state index >= 15 is 0 Å². The van der Waals surface area contributed by atoms with Crippen molar-refractivity contribution in [1.29, 1.82) is 0 Å². The fraction of sp³-hybridized carbons (Fsp3) is 0.471.